The van der Waals surface area contributed by atoms with Crippen molar-refractivity contribution in [2.24, 2.45) is 0 Å². The zero-order chi connectivity index (χ0) is 10.1. The molecule has 0 saturated carbocycles. The zero-order valence-corrected chi connectivity index (χ0v) is 8.64. The molecule has 1 aromatic carbocycles. The number of hydrogen-bond donors (Lipinski definition) is 1. The highest BCUT2D eigenvalue weighted by atomic mass is 35.5. The highest BCUT2D eigenvalue weighted by Crippen LogP contribution is 2.16. The number of imidazole rings is 1. The molecule has 0 aliphatic carbocycles. The molecule has 0 bridgehead atoms. The van der Waals surface area contributed by atoms with Crippen LogP contribution in [-0.4, -0.2) is 9.55 Å². The van der Waals surface area contributed by atoms with E-state index in [1.54, 1.807) is 16.7 Å². The molecule has 4 heteroatoms. The van der Waals surface area contributed by atoms with Crippen molar-refractivity contribution in [1.82, 2.24) is 9.55 Å². The normalized spacial score (nSPS) is 11.0. The second-order valence-corrected chi connectivity index (χ2v) is 3.68. The van der Waals surface area contributed by atoms with Gasteiger partial charge in [-0.25, -0.2) is 4.79 Å². The van der Waals surface area contributed by atoms with E-state index in [9.17, 15) is 4.79 Å². The van der Waals surface area contributed by atoms with E-state index in [1.807, 2.05) is 13.0 Å². The Hall–Kier alpha value is -1.22. The zero-order valence-electron chi connectivity index (χ0n) is 7.88. The number of aromatic nitrogens is 2. The number of aryl methyl sites for hydroxylation is 1. The predicted molar refractivity (Wildman–Crippen MR) is 57.9 cm³/mol. The Balaban J connectivity index is 2.71. The van der Waals surface area contributed by atoms with Crippen LogP contribution in [0.4, 0.5) is 0 Å². The Morgan fingerprint density at radius 1 is 1.50 bits per heavy atom. The van der Waals surface area contributed by atoms with E-state index in [0.29, 0.717) is 5.02 Å². The molecule has 1 heterocycles. The summed E-state index contributed by atoms with van der Waals surface area (Å²) in [6.45, 7) is 2.78. The maximum absolute atomic E-state index is 11.5. The van der Waals surface area contributed by atoms with Crippen molar-refractivity contribution in [2.75, 3.05) is 0 Å². The topological polar surface area (TPSA) is 37.8 Å². The standard InChI is InChI=1S/C10H11ClN2O/c1-2-5-13-9-4-3-7(11)6-8(9)12-10(13)14/h3-4,6H,2,5H2,1H3,(H,12,14). The van der Waals surface area contributed by atoms with Crippen molar-refractivity contribution in [2.45, 2.75) is 19.9 Å². The summed E-state index contributed by atoms with van der Waals surface area (Å²) in [4.78, 5) is 14.3. The Morgan fingerprint density at radius 2 is 2.29 bits per heavy atom. The summed E-state index contributed by atoms with van der Waals surface area (Å²) >= 11 is 5.83. The number of hydrogen-bond acceptors (Lipinski definition) is 1. The van der Waals surface area contributed by atoms with Gasteiger partial charge < -0.3 is 4.98 Å². The SMILES string of the molecule is CCCn1c(=O)[nH]c2cc(Cl)ccc21. The summed E-state index contributed by atoms with van der Waals surface area (Å²) in [7, 11) is 0. The summed E-state index contributed by atoms with van der Waals surface area (Å²) in [5, 5.41) is 0.641. The third-order valence-corrected chi connectivity index (χ3v) is 2.42. The van der Waals surface area contributed by atoms with E-state index in [0.717, 1.165) is 24.0 Å². The lowest BCUT2D eigenvalue weighted by Crippen LogP contribution is -2.16. The van der Waals surface area contributed by atoms with Gasteiger partial charge in [0.2, 0.25) is 0 Å². The molecule has 0 unspecified atom stereocenters. The lowest BCUT2D eigenvalue weighted by molar-refractivity contribution is 0.674. The van der Waals surface area contributed by atoms with Gasteiger partial charge in [0.15, 0.2) is 0 Å². The average molecular weight is 211 g/mol. The second kappa shape index (κ2) is 3.50. The number of fused-ring (bicyclic) bond motifs is 1. The first-order valence-electron chi connectivity index (χ1n) is 4.60. The quantitative estimate of drug-likeness (QED) is 0.812. The van der Waals surface area contributed by atoms with E-state index in [2.05, 4.69) is 4.98 Å². The molecule has 0 radical (unpaired) electrons. The maximum Gasteiger partial charge on any atom is 0.326 e. The van der Waals surface area contributed by atoms with Gasteiger partial charge in [0.25, 0.3) is 0 Å². The van der Waals surface area contributed by atoms with Gasteiger partial charge in [-0.3, -0.25) is 4.57 Å². The molecule has 74 valence electrons. The van der Waals surface area contributed by atoms with Crippen molar-refractivity contribution in [3.8, 4) is 0 Å². The molecule has 0 atom stereocenters. The Bertz CT molecular complexity index is 512. The average Bonchev–Trinajstić information content (AvgIpc) is 2.43. The fourth-order valence-electron chi connectivity index (χ4n) is 1.58. The van der Waals surface area contributed by atoms with Gasteiger partial charge in [0.05, 0.1) is 11.0 Å². The molecule has 3 nitrogen and oxygen atoms in total. The molecule has 0 fully saturated rings. The van der Waals surface area contributed by atoms with Gasteiger partial charge in [-0.15, -0.1) is 0 Å². The second-order valence-electron chi connectivity index (χ2n) is 3.24. The van der Waals surface area contributed by atoms with Gasteiger partial charge in [0, 0.05) is 11.6 Å². The lowest BCUT2D eigenvalue weighted by atomic mass is 10.3. The number of halogens is 1. The Morgan fingerprint density at radius 3 is 3.00 bits per heavy atom. The van der Waals surface area contributed by atoms with Crippen LogP contribution in [0.2, 0.25) is 5.02 Å². The summed E-state index contributed by atoms with van der Waals surface area (Å²) in [6, 6.07) is 5.43. The third kappa shape index (κ3) is 1.44. The lowest BCUT2D eigenvalue weighted by Gasteiger charge is -1.99. The van der Waals surface area contributed by atoms with Crippen molar-refractivity contribution >= 4 is 22.6 Å². The van der Waals surface area contributed by atoms with Crippen LogP contribution in [-0.2, 0) is 6.54 Å². The van der Waals surface area contributed by atoms with Crippen molar-refractivity contribution in [1.29, 1.82) is 0 Å². The van der Waals surface area contributed by atoms with Crippen molar-refractivity contribution < 1.29 is 0 Å². The van der Waals surface area contributed by atoms with Gasteiger partial charge in [-0.2, -0.15) is 0 Å². The minimum atomic E-state index is -0.0656. The predicted octanol–water partition coefficient (Wildman–Crippen LogP) is 2.39. The molecule has 0 spiro atoms. The number of aromatic amines is 1. The van der Waals surface area contributed by atoms with Crippen LogP contribution >= 0.6 is 11.6 Å². The Labute approximate surface area is 86.3 Å². The van der Waals surface area contributed by atoms with Crippen LogP contribution in [0.15, 0.2) is 23.0 Å². The molecular formula is C10H11ClN2O. The monoisotopic (exact) mass is 210 g/mol. The molecule has 1 aromatic heterocycles. The van der Waals surface area contributed by atoms with E-state index >= 15 is 0 Å². The summed E-state index contributed by atoms with van der Waals surface area (Å²) in [6.07, 6.45) is 0.940. The van der Waals surface area contributed by atoms with E-state index in [-0.39, 0.29) is 5.69 Å². The fraction of sp³-hybridized carbons (Fsp3) is 0.300. The maximum atomic E-state index is 11.5. The summed E-state index contributed by atoms with van der Waals surface area (Å²) in [5.74, 6) is 0. The van der Waals surface area contributed by atoms with Crippen LogP contribution in [0, 0.1) is 0 Å². The minimum absolute atomic E-state index is 0.0656. The van der Waals surface area contributed by atoms with Crippen LogP contribution in [0.3, 0.4) is 0 Å². The first kappa shape index (κ1) is 9.34. The highest BCUT2D eigenvalue weighted by molar-refractivity contribution is 6.31. The molecule has 0 aliphatic heterocycles. The van der Waals surface area contributed by atoms with Crippen LogP contribution in [0.5, 0.6) is 0 Å². The molecule has 0 amide bonds. The largest absolute Gasteiger partial charge is 0.326 e. The number of nitrogens with zero attached hydrogens (tertiary/aromatic N) is 1. The first-order chi connectivity index (χ1) is 6.72. The van der Waals surface area contributed by atoms with Gasteiger partial charge >= 0.3 is 5.69 Å². The first-order valence-corrected chi connectivity index (χ1v) is 4.98. The molecule has 1 N–H and O–H groups in total. The van der Waals surface area contributed by atoms with Gasteiger partial charge in [0.1, 0.15) is 0 Å². The Kier molecular flexibility index (Phi) is 2.33. The molecule has 2 rings (SSSR count). The number of benzene rings is 1. The summed E-state index contributed by atoms with van der Waals surface area (Å²) in [5.41, 5.74) is 1.65. The smallest absolute Gasteiger partial charge is 0.305 e. The number of H-pyrrole nitrogens is 1. The van der Waals surface area contributed by atoms with Crippen LogP contribution in [0.1, 0.15) is 13.3 Å². The van der Waals surface area contributed by atoms with Crippen LogP contribution < -0.4 is 5.69 Å². The molecule has 0 aliphatic rings. The van der Waals surface area contributed by atoms with Crippen molar-refractivity contribution in [3.05, 3.63) is 33.7 Å². The highest BCUT2D eigenvalue weighted by Gasteiger charge is 2.05. The minimum Gasteiger partial charge on any atom is -0.305 e. The molecule has 14 heavy (non-hydrogen) atoms. The van der Waals surface area contributed by atoms with E-state index in [1.165, 1.54) is 0 Å². The van der Waals surface area contributed by atoms with Crippen LogP contribution in [0.25, 0.3) is 11.0 Å². The number of nitrogens with one attached hydrogen (secondary N) is 1. The molecule has 0 saturated heterocycles. The van der Waals surface area contributed by atoms with Gasteiger partial charge in [-0.1, -0.05) is 18.5 Å². The summed E-state index contributed by atoms with van der Waals surface area (Å²) < 4.78 is 1.73. The fourth-order valence-corrected chi connectivity index (χ4v) is 1.75. The van der Waals surface area contributed by atoms with E-state index < -0.39 is 0 Å². The number of rotatable bonds is 2. The van der Waals surface area contributed by atoms with E-state index in [4.69, 9.17) is 11.6 Å². The van der Waals surface area contributed by atoms with Crippen molar-refractivity contribution in [3.63, 3.8) is 0 Å². The van der Waals surface area contributed by atoms with Gasteiger partial charge in [-0.05, 0) is 24.6 Å². The molecular weight excluding hydrogens is 200 g/mol. The third-order valence-electron chi connectivity index (χ3n) is 2.18. The molecule has 2 aromatic rings.